The molecule has 2 heterocycles. The van der Waals surface area contributed by atoms with Gasteiger partial charge in [0.2, 0.25) is 11.7 Å². The molecule has 1 aromatic carbocycles. The van der Waals surface area contributed by atoms with Crippen LogP contribution in [0.1, 0.15) is 77.4 Å². The molecule has 1 saturated heterocycles. The summed E-state index contributed by atoms with van der Waals surface area (Å²) < 4.78 is 0. The topological polar surface area (TPSA) is 102 Å². The number of carbonyl (C=O) groups is 2. The number of H-pyrrole nitrogens is 1. The molecule has 172 valence electrons. The summed E-state index contributed by atoms with van der Waals surface area (Å²) in [6.07, 6.45) is 10.3. The van der Waals surface area contributed by atoms with Crippen molar-refractivity contribution in [3.05, 3.63) is 58.7 Å². The van der Waals surface area contributed by atoms with Crippen LogP contribution in [0.25, 0.3) is 5.57 Å². The highest BCUT2D eigenvalue weighted by Gasteiger charge is 2.25. The van der Waals surface area contributed by atoms with E-state index in [2.05, 4.69) is 39.6 Å². The predicted octanol–water partition coefficient (Wildman–Crippen LogP) is 3.59. The normalized spacial score (nSPS) is 16.8. The Labute approximate surface area is 194 Å². The number of likely N-dealkylation sites (tertiary alicyclic amines) is 1. The highest BCUT2D eigenvalue weighted by Crippen LogP contribution is 2.35. The number of amides is 1. The van der Waals surface area contributed by atoms with Crippen molar-refractivity contribution in [3.8, 4) is 6.07 Å². The summed E-state index contributed by atoms with van der Waals surface area (Å²) in [5, 5.41) is 11.9. The van der Waals surface area contributed by atoms with E-state index in [-0.39, 0.29) is 23.9 Å². The van der Waals surface area contributed by atoms with Crippen molar-refractivity contribution in [2.24, 2.45) is 0 Å². The molecule has 2 aliphatic rings. The van der Waals surface area contributed by atoms with Crippen molar-refractivity contribution in [2.75, 3.05) is 26.7 Å². The van der Waals surface area contributed by atoms with E-state index in [0.717, 1.165) is 44.3 Å². The van der Waals surface area contributed by atoms with Gasteiger partial charge in [0.1, 0.15) is 11.8 Å². The molecule has 1 aromatic heterocycles. The summed E-state index contributed by atoms with van der Waals surface area (Å²) in [6.45, 7) is 1.95. The van der Waals surface area contributed by atoms with E-state index < -0.39 is 0 Å². The molecule has 0 bridgehead atoms. The molecule has 2 aromatic rings. The number of hydrogen-bond donors (Lipinski definition) is 2. The molecule has 0 atom stereocenters. The van der Waals surface area contributed by atoms with Crippen LogP contribution in [-0.2, 0) is 11.2 Å². The highest BCUT2D eigenvalue weighted by molar-refractivity contribution is 5.95. The summed E-state index contributed by atoms with van der Waals surface area (Å²) in [5.41, 5.74) is 5.08. The Morgan fingerprint density at radius 1 is 1.27 bits per heavy atom. The van der Waals surface area contributed by atoms with E-state index in [9.17, 15) is 9.59 Å². The van der Waals surface area contributed by atoms with Crippen molar-refractivity contribution in [1.29, 1.82) is 5.26 Å². The molecule has 0 radical (unpaired) electrons. The smallest absolute Gasteiger partial charge is 0.236 e. The Morgan fingerprint density at radius 2 is 2.09 bits per heavy atom. The third kappa shape index (κ3) is 5.40. The van der Waals surface area contributed by atoms with Gasteiger partial charge < -0.3 is 15.2 Å². The standard InChI is InChI=1S/C26H31N5O2/c1-28-17-25(33)31-11-9-18(10-12-31)20-7-8-21(23(13-20)19-5-3-2-4-6-19)14-24(32)26-29-16-22(15-27)30-26/h5,7-8,13,16,18,28H,2-4,6,9-12,14,17H2,1H3,(H,29,30). The van der Waals surface area contributed by atoms with Crippen molar-refractivity contribution in [1.82, 2.24) is 20.2 Å². The van der Waals surface area contributed by atoms with Gasteiger partial charge in [-0.1, -0.05) is 24.3 Å². The number of allylic oxidation sites excluding steroid dienone is 2. The Morgan fingerprint density at radius 3 is 2.76 bits per heavy atom. The largest absolute Gasteiger partial charge is 0.342 e. The summed E-state index contributed by atoms with van der Waals surface area (Å²) in [5.74, 6) is 0.700. The average molecular weight is 446 g/mol. The highest BCUT2D eigenvalue weighted by atomic mass is 16.2. The van der Waals surface area contributed by atoms with Gasteiger partial charge in [0.05, 0.1) is 12.7 Å². The third-order valence-electron chi connectivity index (χ3n) is 6.73. The van der Waals surface area contributed by atoms with Gasteiger partial charge in [0, 0.05) is 19.5 Å². The van der Waals surface area contributed by atoms with Gasteiger partial charge in [0.25, 0.3) is 0 Å². The molecule has 33 heavy (non-hydrogen) atoms. The number of hydrogen-bond acceptors (Lipinski definition) is 5. The van der Waals surface area contributed by atoms with Crippen LogP contribution in [0.3, 0.4) is 0 Å². The van der Waals surface area contributed by atoms with Crippen LogP contribution in [-0.4, -0.2) is 53.2 Å². The lowest BCUT2D eigenvalue weighted by Gasteiger charge is -2.32. The number of aromatic nitrogens is 2. The molecule has 1 fully saturated rings. The molecular formula is C26H31N5O2. The van der Waals surface area contributed by atoms with E-state index in [1.54, 1.807) is 7.05 Å². The number of nitrogens with one attached hydrogen (secondary N) is 2. The van der Waals surface area contributed by atoms with Crippen molar-refractivity contribution < 1.29 is 9.59 Å². The van der Waals surface area contributed by atoms with Crippen LogP contribution >= 0.6 is 0 Å². The fourth-order valence-electron chi connectivity index (χ4n) is 4.89. The van der Waals surface area contributed by atoms with Gasteiger partial charge in [-0.2, -0.15) is 5.26 Å². The van der Waals surface area contributed by atoms with Gasteiger partial charge in [-0.05, 0) is 73.8 Å². The molecule has 7 heteroatoms. The minimum atomic E-state index is -0.113. The first-order chi connectivity index (χ1) is 16.1. The van der Waals surface area contributed by atoms with Crippen molar-refractivity contribution in [3.63, 3.8) is 0 Å². The molecule has 1 aliphatic heterocycles. The first-order valence-corrected chi connectivity index (χ1v) is 11.8. The van der Waals surface area contributed by atoms with Crippen LogP contribution in [0.15, 0.2) is 30.5 Å². The number of likely N-dealkylation sites (N-methyl/N-ethyl adjacent to an activating group) is 1. The van der Waals surface area contributed by atoms with Crippen LogP contribution in [0.4, 0.5) is 0 Å². The van der Waals surface area contributed by atoms with Crippen molar-refractivity contribution >= 4 is 17.3 Å². The Hall–Kier alpha value is -3.24. The van der Waals surface area contributed by atoms with E-state index in [1.165, 1.54) is 35.7 Å². The van der Waals surface area contributed by atoms with Gasteiger partial charge in [-0.25, -0.2) is 4.98 Å². The van der Waals surface area contributed by atoms with Gasteiger partial charge >= 0.3 is 0 Å². The zero-order chi connectivity index (χ0) is 23.2. The van der Waals surface area contributed by atoms with Crippen LogP contribution < -0.4 is 5.32 Å². The van der Waals surface area contributed by atoms with Crippen LogP contribution in [0.5, 0.6) is 0 Å². The van der Waals surface area contributed by atoms with E-state index >= 15 is 0 Å². The quantitative estimate of drug-likeness (QED) is 0.634. The fourth-order valence-corrected chi connectivity index (χ4v) is 4.89. The lowest BCUT2D eigenvalue weighted by Crippen LogP contribution is -2.41. The zero-order valence-electron chi connectivity index (χ0n) is 19.2. The number of nitriles is 1. The van der Waals surface area contributed by atoms with Crippen molar-refractivity contribution in [2.45, 2.75) is 50.9 Å². The molecule has 0 unspecified atom stereocenters. The lowest BCUT2D eigenvalue weighted by molar-refractivity contribution is -0.131. The third-order valence-corrected chi connectivity index (χ3v) is 6.73. The summed E-state index contributed by atoms with van der Waals surface area (Å²) in [6, 6.07) is 8.49. The monoisotopic (exact) mass is 445 g/mol. The summed E-state index contributed by atoms with van der Waals surface area (Å²) in [7, 11) is 1.80. The van der Waals surface area contributed by atoms with Gasteiger partial charge in [0.15, 0.2) is 5.82 Å². The minimum Gasteiger partial charge on any atom is -0.342 e. The first-order valence-electron chi connectivity index (χ1n) is 11.8. The maximum atomic E-state index is 12.9. The number of benzene rings is 1. The molecule has 2 N–H and O–H groups in total. The molecule has 4 rings (SSSR count). The van der Waals surface area contributed by atoms with Crippen LogP contribution in [0, 0.1) is 11.3 Å². The second-order valence-electron chi connectivity index (χ2n) is 8.93. The molecule has 0 spiro atoms. The second-order valence-corrected chi connectivity index (χ2v) is 8.93. The van der Waals surface area contributed by atoms with E-state index in [0.29, 0.717) is 18.2 Å². The number of piperidine rings is 1. The number of carbonyl (C=O) groups excluding carboxylic acids is 2. The molecule has 0 saturated carbocycles. The average Bonchev–Trinajstić information content (AvgIpc) is 3.35. The SMILES string of the molecule is CNCC(=O)N1CCC(c2ccc(CC(=O)c3ncc(C#N)[nH]3)c(C3=CCCCC3)c2)CC1. The number of Topliss-reactive ketones (excluding diaryl/α,β-unsaturated/α-hetero) is 1. The number of imidazole rings is 1. The molecule has 7 nitrogen and oxygen atoms in total. The number of nitrogens with zero attached hydrogens (tertiary/aromatic N) is 3. The molecular weight excluding hydrogens is 414 g/mol. The predicted molar refractivity (Wildman–Crippen MR) is 127 cm³/mol. The van der Waals surface area contributed by atoms with E-state index in [1.807, 2.05) is 11.0 Å². The Bertz CT molecular complexity index is 1090. The number of aromatic amines is 1. The summed E-state index contributed by atoms with van der Waals surface area (Å²) in [4.78, 5) is 33.9. The minimum absolute atomic E-state index is 0.113. The van der Waals surface area contributed by atoms with E-state index in [4.69, 9.17) is 5.26 Å². The molecule has 1 amide bonds. The fraction of sp³-hybridized carbons (Fsp3) is 0.462. The first kappa shape index (κ1) is 22.9. The summed E-state index contributed by atoms with van der Waals surface area (Å²) >= 11 is 0. The number of rotatable bonds is 7. The maximum absolute atomic E-state index is 12.9. The van der Waals surface area contributed by atoms with Gasteiger partial charge in [-0.3, -0.25) is 9.59 Å². The zero-order valence-corrected chi connectivity index (χ0v) is 19.2. The maximum Gasteiger partial charge on any atom is 0.236 e. The number of ketones is 1. The Kier molecular flexibility index (Phi) is 7.36. The van der Waals surface area contributed by atoms with Crippen LogP contribution in [0.2, 0.25) is 0 Å². The van der Waals surface area contributed by atoms with Gasteiger partial charge in [-0.15, -0.1) is 0 Å². The Balaban J connectivity index is 1.54. The molecule has 1 aliphatic carbocycles. The second kappa shape index (κ2) is 10.6. The lowest BCUT2D eigenvalue weighted by atomic mass is 9.83.